The van der Waals surface area contributed by atoms with Crippen molar-refractivity contribution in [3.05, 3.63) is 41.0 Å². The van der Waals surface area contributed by atoms with Crippen LogP contribution in [0.15, 0.2) is 29.8 Å². The van der Waals surface area contributed by atoms with Crippen molar-refractivity contribution in [1.82, 2.24) is 20.5 Å². The first-order valence-electron chi connectivity index (χ1n) is 14.1. The van der Waals surface area contributed by atoms with Gasteiger partial charge in [-0.3, -0.25) is 14.4 Å². The predicted octanol–water partition coefficient (Wildman–Crippen LogP) is 4.22. The zero-order valence-electron chi connectivity index (χ0n) is 23.6. The molecule has 8 nitrogen and oxygen atoms in total. The number of β-amino-alcohol motifs (C(OH)–C–C–N with tert-alkyl or cyclic N) is 1. The largest absolute Gasteiger partial charge is 0.391 e. The summed E-state index contributed by atoms with van der Waals surface area (Å²) in [5, 5.41) is 16.5. The zero-order chi connectivity index (χ0) is 28.3. The molecule has 5 atom stereocenters. The monoisotopic (exact) mass is 554 g/mol. The molecule has 2 fully saturated rings. The van der Waals surface area contributed by atoms with Crippen molar-refractivity contribution >= 4 is 29.1 Å². The maximum Gasteiger partial charge on any atom is 0.246 e. The fraction of sp³-hybridized carbons (Fsp3) is 0.600. The minimum atomic E-state index is -0.778. The van der Waals surface area contributed by atoms with Crippen molar-refractivity contribution in [2.45, 2.75) is 91.0 Å². The SMILES string of the molecule is Cc1ncsc1-c1ccc(C(C)NC(=O)C2CC(O)CN2C(=O)C(NC(=O)C(C)CC(C)C)C2CCC2)cc1. The average Bonchev–Trinajstić information content (AvgIpc) is 3.47. The van der Waals surface area contributed by atoms with Crippen LogP contribution in [-0.2, 0) is 14.4 Å². The number of nitrogens with zero attached hydrogens (tertiary/aromatic N) is 2. The second-order valence-electron chi connectivity index (χ2n) is 11.7. The van der Waals surface area contributed by atoms with Crippen LogP contribution in [0.25, 0.3) is 10.4 Å². The smallest absolute Gasteiger partial charge is 0.246 e. The Morgan fingerprint density at radius 1 is 1.10 bits per heavy atom. The number of aryl methyl sites for hydroxylation is 1. The molecular formula is C30H42N4O4S. The molecule has 2 heterocycles. The topological polar surface area (TPSA) is 112 Å². The van der Waals surface area contributed by atoms with Gasteiger partial charge in [0.25, 0.3) is 0 Å². The minimum Gasteiger partial charge on any atom is -0.391 e. The highest BCUT2D eigenvalue weighted by molar-refractivity contribution is 7.13. The Hall–Kier alpha value is -2.78. The number of carbonyl (C=O) groups is 3. The summed E-state index contributed by atoms with van der Waals surface area (Å²) >= 11 is 1.60. The maximum absolute atomic E-state index is 13.8. The fourth-order valence-electron chi connectivity index (χ4n) is 5.64. The molecule has 1 aromatic heterocycles. The Bertz CT molecular complexity index is 1160. The number of benzene rings is 1. The number of carbonyl (C=O) groups excluding carboxylic acids is 3. The molecule has 4 rings (SSSR count). The lowest BCUT2D eigenvalue weighted by Gasteiger charge is -2.37. The first-order chi connectivity index (χ1) is 18.5. The van der Waals surface area contributed by atoms with Gasteiger partial charge in [0.1, 0.15) is 12.1 Å². The third kappa shape index (κ3) is 6.87. The number of nitrogens with one attached hydrogen (secondary N) is 2. The van der Waals surface area contributed by atoms with E-state index in [4.69, 9.17) is 0 Å². The number of aromatic nitrogens is 1. The molecule has 0 radical (unpaired) electrons. The number of thiazole rings is 1. The normalized spacial score (nSPS) is 21.8. The molecule has 39 heavy (non-hydrogen) atoms. The molecule has 1 aliphatic carbocycles. The van der Waals surface area contributed by atoms with Crippen LogP contribution in [0.1, 0.15) is 77.1 Å². The van der Waals surface area contributed by atoms with Crippen molar-refractivity contribution in [2.24, 2.45) is 17.8 Å². The van der Waals surface area contributed by atoms with E-state index in [1.807, 2.05) is 50.5 Å². The number of aliphatic hydroxyl groups excluding tert-OH is 1. The van der Waals surface area contributed by atoms with Gasteiger partial charge in [0.15, 0.2) is 0 Å². The summed E-state index contributed by atoms with van der Waals surface area (Å²) in [6, 6.07) is 6.32. The van der Waals surface area contributed by atoms with E-state index in [9.17, 15) is 19.5 Å². The van der Waals surface area contributed by atoms with Gasteiger partial charge in [0.2, 0.25) is 17.7 Å². The second-order valence-corrected chi connectivity index (χ2v) is 12.6. The third-order valence-electron chi connectivity index (χ3n) is 8.10. The Kier molecular flexibility index (Phi) is 9.43. The lowest BCUT2D eigenvalue weighted by molar-refractivity contribution is -0.144. The molecule has 212 valence electrons. The first kappa shape index (κ1) is 29.2. The summed E-state index contributed by atoms with van der Waals surface area (Å²) in [6.45, 7) is 10.0. The lowest BCUT2D eigenvalue weighted by atomic mass is 9.78. The van der Waals surface area contributed by atoms with Gasteiger partial charge in [-0.15, -0.1) is 11.3 Å². The van der Waals surface area contributed by atoms with Gasteiger partial charge in [0.05, 0.1) is 28.2 Å². The quantitative estimate of drug-likeness (QED) is 0.407. The number of rotatable bonds is 10. The van der Waals surface area contributed by atoms with Crippen LogP contribution >= 0.6 is 11.3 Å². The van der Waals surface area contributed by atoms with E-state index >= 15 is 0 Å². The lowest BCUT2D eigenvalue weighted by Crippen LogP contribution is -2.57. The third-order valence-corrected chi connectivity index (χ3v) is 9.08. The van der Waals surface area contributed by atoms with Gasteiger partial charge in [-0.2, -0.15) is 0 Å². The Morgan fingerprint density at radius 3 is 2.36 bits per heavy atom. The van der Waals surface area contributed by atoms with Crippen molar-refractivity contribution in [1.29, 1.82) is 0 Å². The molecular weight excluding hydrogens is 512 g/mol. The van der Waals surface area contributed by atoms with E-state index in [1.54, 1.807) is 11.3 Å². The van der Waals surface area contributed by atoms with Gasteiger partial charge < -0.3 is 20.6 Å². The molecule has 1 saturated carbocycles. The molecule has 1 aromatic carbocycles. The van der Waals surface area contributed by atoms with Crippen LogP contribution in [0.4, 0.5) is 0 Å². The van der Waals surface area contributed by atoms with Crippen molar-refractivity contribution in [3.8, 4) is 10.4 Å². The molecule has 1 saturated heterocycles. The highest BCUT2D eigenvalue weighted by atomic mass is 32.1. The summed E-state index contributed by atoms with van der Waals surface area (Å²) in [7, 11) is 0. The summed E-state index contributed by atoms with van der Waals surface area (Å²) < 4.78 is 0. The standard InChI is InChI=1S/C30H42N4O4S/c1-17(2)13-18(3)28(36)33-26(22-7-6-8-22)30(38)34-15-24(35)14-25(34)29(37)32-19(4)21-9-11-23(12-10-21)27-20(5)31-16-39-27/h9-12,16-19,22,24-26,35H,6-8,13-15H2,1-5H3,(H,32,37)(H,33,36). The van der Waals surface area contributed by atoms with Gasteiger partial charge >= 0.3 is 0 Å². The van der Waals surface area contributed by atoms with Crippen LogP contribution in [0.2, 0.25) is 0 Å². The highest BCUT2D eigenvalue weighted by Gasteiger charge is 2.44. The van der Waals surface area contributed by atoms with Crippen molar-refractivity contribution in [3.63, 3.8) is 0 Å². The molecule has 0 bridgehead atoms. The molecule has 3 N–H and O–H groups in total. The predicted molar refractivity (Wildman–Crippen MR) is 153 cm³/mol. The molecule has 0 spiro atoms. The molecule has 2 aromatic rings. The number of amides is 3. The van der Waals surface area contributed by atoms with Crippen molar-refractivity contribution in [2.75, 3.05) is 6.54 Å². The Morgan fingerprint density at radius 2 is 1.79 bits per heavy atom. The summed E-state index contributed by atoms with van der Waals surface area (Å²) in [6.07, 6.45) is 2.92. The van der Waals surface area contributed by atoms with E-state index in [0.29, 0.717) is 5.92 Å². The van der Waals surface area contributed by atoms with Gasteiger partial charge in [-0.25, -0.2) is 4.98 Å². The number of hydrogen-bond acceptors (Lipinski definition) is 6. The summed E-state index contributed by atoms with van der Waals surface area (Å²) in [5.74, 6) is -0.439. The van der Waals surface area contributed by atoms with Gasteiger partial charge in [-0.05, 0) is 56.1 Å². The maximum atomic E-state index is 13.8. The van der Waals surface area contributed by atoms with E-state index in [0.717, 1.165) is 47.4 Å². The number of aliphatic hydroxyl groups is 1. The van der Waals surface area contributed by atoms with Crippen LogP contribution in [0.3, 0.4) is 0 Å². The van der Waals surface area contributed by atoms with Crippen molar-refractivity contribution < 1.29 is 19.5 Å². The van der Waals surface area contributed by atoms with E-state index in [-0.39, 0.29) is 48.6 Å². The number of hydrogen-bond donors (Lipinski definition) is 3. The van der Waals surface area contributed by atoms with E-state index in [1.165, 1.54) is 4.90 Å². The second kappa shape index (κ2) is 12.6. The van der Waals surface area contributed by atoms with Crippen LogP contribution in [0, 0.1) is 24.7 Å². The Balaban J connectivity index is 1.43. The zero-order valence-corrected chi connectivity index (χ0v) is 24.5. The average molecular weight is 555 g/mol. The first-order valence-corrected chi connectivity index (χ1v) is 15.0. The minimum absolute atomic E-state index is 0.0637. The Labute approximate surface area is 235 Å². The van der Waals surface area contributed by atoms with Crippen LogP contribution in [-0.4, -0.2) is 57.4 Å². The summed E-state index contributed by atoms with van der Waals surface area (Å²) in [5.41, 5.74) is 4.85. The molecule has 5 unspecified atom stereocenters. The number of likely N-dealkylation sites (tertiary alicyclic amines) is 1. The summed E-state index contributed by atoms with van der Waals surface area (Å²) in [4.78, 5) is 47.0. The fourth-order valence-corrected chi connectivity index (χ4v) is 6.46. The highest BCUT2D eigenvalue weighted by Crippen LogP contribution is 2.33. The van der Waals surface area contributed by atoms with Crippen LogP contribution < -0.4 is 10.6 Å². The molecule has 1 aliphatic heterocycles. The van der Waals surface area contributed by atoms with E-state index in [2.05, 4.69) is 29.5 Å². The molecule has 2 aliphatic rings. The van der Waals surface area contributed by atoms with E-state index < -0.39 is 18.2 Å². The van der Waals surface area contributed by atoms with Crippen LogP contribution in [0.5, 0.6) is 0 Å². The van der Waals surface area contributed by atoms with Gasteiger partial charge in [-0.1, -0.05) is 51.5 Å². The van der Waals surface area contributed by atoms with Gasteiger partial charge in [0, 0.05) is 18.9 Å². The molecule has 9 heteroatoms. The molecule has 3 amide bonds.